The number of carbonyl (C=O) groups is 1. The molecule has 0 saturated carbocycles. The monoisotopic (exact) mass is 326 g/mol. The molecule has 0 saturated heterocycles. The van der Waals surface area contributed by atoms with E-state index >= 15 is 0 Å². The largest absolute Gasteiger partial charge is 0.308 e. The second-order valence-corrected chi connectivity index (χ2v) is 6.13. The summed E-state index contributed by atoms with van der Waals surface area (Å²) in [6.07, 6.45) is 6.06. The van der Waals surface area contributed by atoms with Gasteiger partial charge in [-0.2, -0.15) is 0 Å². The van der Waals surface area contributed by atoms with Gasteiger partial charge in [0.1, 0.15) is 0 Å². The first-order valence-corrected chi connectivity index (χ1v) is 8.32. The van der Waals surface area contributed by atoms with Crippen molar-refractivity contribution in [1.82, 2.24) is 4.98 Å². The Morgan fingerprint density at radius 1 is 0.960 bits per heavy atom. The maximum atomic E-state index is 12.2. The lowest BCUT2D eigenvalue weighted by Crippen LogP contribution is -2.29. The molecule has 0 spiro atoms. The molecule has 2 aromatic carbocycles. The van der Waals surface area contributed by atoms with Crippen LogP contribution >= 0.6 is 0 Å². The molecule has 0 aliphatic carbocycles. The molecule has 2 heterocycles. The average Bonchev–Trinajstić information content (AvgIpc) is 2.64. The van der Waals surface area contributed by atoms with E-state index in [1.807, 2.05) is 53.6 Å². The van der Waals surface area contributed by atoms with E-state index in [0.29, 0.717) is 6.54 Å². The fourth-order valence-electron chi connectivity index (χ4n) is 3.14. The van der Waals surface area contributed by atoms with Crippen molar-refractivity contribution in [1.29, 1.82) is 0 Å². The Morgan fingerprint density at radius 2 is 1.68 bits per heavy atom. The van der Waals surface area contributed by atoms with Gasteiger partial charge in [0.25, 0.3) is 0 Å². The van der Waals surface area contributed by atoms with E-state index in [0.717, 1.165) is 33.6 Å². The van der Waals surface area contributed by atoms with Crippen LogP contribution in [0.5, 0.6) is 0 Å². The molecule has 25 heavy (non-hydrogen) atoms. The van der Waals surface area contributed by atoms with Gasteiger partial charge in [0, 0.05) is 18.7 Å². The van der Waals surface area contributed by atoms with E-state index in [-0.39, 0.29) is 5.91 Å². The van der Waals surface area contributed by atoms with E-state index in [4.69, 9.17) is 0 Å². The van der Waals surface area contributed by atoms with Crippen LogP contribution in [0.15, 0.2) is 66.9 Å². The number of benzene rings is 2. The van der Waals surface area contributed by atoms with Crippen LogP contribution in [0.1, 0.15) is 23.6 Å². The zero-order chi connectivity index (χ0) is 17.2. The van der Waals surface area contributed by atoms with Crippen LogP contribution < -0.4 is 4.90 Å². The van der Waals surface area contributed by atoms with Crippen LogP contribution in [0.2, 0.25) is 0 Å². The van der Waals surface area contributed by atoms with Crippen molar-refractivity contribution in [2.45, 2.75) is 13.5 Å². The molecule has 0 atom stereocenters. The Kier molecular flexibility index (Phi) is 3.90. The van der Waals surface area contributed by atoms with E-state index in [2.05, 4.69) is 35.3 Å². The molecule has 1 aromatic heterocycles. The smallest absolute Gasteiger partial charge is 0.224 e. The number of aromatic nitrogens is 1. The molecule has 122 valence electrons. The summed E-state index contributed by atoms with van der Waals surface area (Å²) in [5, 5.41) is 0. The average molecular weight is 326 g/mol. The number of hydrogen-bond donors (Lipinski definition) is 0. The van der Waals surface area contributed by atoms with Gasteiger partial charge in [-0.05, 0) is 28.8 Å². The fourth-order valence-corrected chi connectivity index (χ4v) is 3.14. The molecule has 0 radical (unpaired) electrons. The van der Waals surface area contributed by atoms with Crippen LogP contribution in [0.3, 0.4) is 0 Å². The summed E-state index contributed by atoms with van der Waals surface area (Å²) in [6, 6.07) is 20.2. The third-order valence-corrected chi connectivity index (χ3v) is 4.47. The third-order valence-electron chi connectivity index (χ3n) is 4.47. The zero-order valence-electron chi connectivity index (χ0n) is 14.0. The van der Waals surface area contributed by atoms with E-state index in [1.54, 1.807) is 6.92 Å². The van der Waals surface area contributed by atoms with Gasteiger partial charge in [-0.15, -0.1) is 0 Å². The first-order valence-electron chi connectivity index (χ1n) is 8.32. The predicted molar refractivity (Wildman–Crippen MR) is 102 cm³/mol. The van der Waals surface area contributed by atoms with Crippen molar-refractivity contribution in [2.75, 3.05) is 4.90 Å². The number of pyridine rings is 1. The molecule has 3 heteroatoms. The van der Waals surface area contributed by atoms with E-state index in [1.165, 1.54) is 0 Å². The SMILES string of the molecule is CC(=O)N1Cc2cnc(-c3ccccc3)cc2/C=C\c2ccccc21. The highest BCUT2D eigenvalue weighted by molar-refractivity contribution is 5.95. The van der Waals surface area contributed by atoms with Crippen molar-refractivity contribution in [2.24, 2.45) is 0 Å². The fraction of sp³-hybridized carbons (Fsp3) is 0.0909. The molecular weight excluding hydrogens is 308 g/mol. The highest BCUT2D eigenvalue weighted by Crippen LogP contribution is 2.30. The number of rotatable bonds is 1. The summed E-state index contributed by atoms with van der Waals surface area (Å²) in [5.74, 6) is 0.0286. The minimum Gasteiger partial charge on any atom is -0.308 e. The van der Waals surface area contributed by atoms with Crippen LogP contribution in [0.4, 0.5) is 5.69 Å². The molecule has 0 unspecified atom stereocenters. The minimum atomic E-state index is 0.0286. The second kappa shape index (κ2) is 6.36. The lowest BCUT2D eigenvalue weighted by molar-refractivity contribution is -0.116. The first-order chi connectivity index (χ1) is 12.2. The van der Waals surface area contributed by atoms with Crippen LogP contribution in [0.25, 0.3) is 23.4 Å². The Morgan fingerprint density at radius 3 is 2.48 bits per heavy atom. The Bertz CT molecular complexity index is 961. The quantitative estimate of drug-likeness (QED) is 0.644. The number of amides is 1. The number of carbonyl (C=O) groups excluding carboxylic acids is 1. The Labute approximate surface area is 147 Å². The van der Waals surface area contributed by atoms with Gasteiger partial charge in [-0.3, -0.25) is 9.78 Å². The molecule has 1 aliphatic rings. The van der Waals surface area contributed by atoms with Gasteiger partial charge in [0.05, 0.1) is 17.9 Å². The highest BCUT2D eigenvalue weighted by Gasteiger charge is 2.18. The molecular formula is C22H18N2O. The molecule has 0 N–H and O–H groups in total. The van der Waals surface area contributed by atoms with Gasteiger partial charge >= 0.3 is 0 Å². The number of hydrogen-bond acceptors (Lipinski definition) is 2. The molecule has 0 fully saturated rings. The number of nitrogens with zero attached hydrogens (tertiary/aromatic N) is 2. The lowest BCUT2D eigenvalue weighted by Gasteiger charge is -2.25. The maximum absolute atomic E-state index is 12.2. The van der Waals surface area contributed by atoms with Gasteiger partial charge in [-0.25, -0.2) is 0 Å². The summed E-state index contributed by atoms with van der Waals surface area (Å²) in [7, 11) is 0. The Hall–Kier alpha value is -3.20. The summed E-state index contributed by atoms with van der Waals surface area (Å²) >= 11 is 0. The molecule has 4 rings (SSSR count). The van der Waals surface area contributed by atoms with Crippen molar-refractivity contribution >= 4 is 23.7 Å². The standard InChI is InChI=1S/C22H18N2O/c1-16(25)24-15-20-14-23-21(17-7-3-2-4-8-17)13-19(20)12-11-18-9-5-6-10-22(18)24/h2-14H,15H2,1H3/b12-11-. The highest BCUT2D eigenvalue weighted by atomic mass is 16.2. The van der Waals surface area contributed by atoms with Crippen LogP contribution in [0, 0.1) is 0 Å². The second-order valence-electron chi connectivity index (χ2n) is 6.13. The molecule has 0 bridgehead atoms. The van der Waals surface area contributed by atoms with Gasteiger partial charge in [0.2, 0.25) is 5.91 Å². The van der Waals surface area contributed by atoms with Gasteiger partial charge in [-0.1, -0.05) is 60.7 Å². The summed E-state index contributed by atoms with van der Waals surface area (Å²) in [6.45, 7) is 2.13. The zero-order valence-corrected chi connectivity index (χ0v) is 14.0. The normalized spacial score (nSPS) is 14.0. The third kappa shape index (κ3) is 2.96. The van der Waals surface area contributed by atoms with Gasteiger partial charge < -0.3 is 4.90 Å². The minimum absolute atomic E-state index is 0.0286. The first kappa shape index (κ1) is 15.3. The molecule has 3 aromatic rings. The summed E-state index contributed by atoms with van der Waals surface area (Å²) in [5.41, 5.74) is 6.14. The lowest BCUT2D eigenvalue weighted by atomic mass is 10.0. The van der Waals surface area contributed by atoms with Crippen molar-refractivity contribution in [3.05, 3.63) is 83.6 Å². The number of fused-ring (bicyclic) bond motifs is 2. The molecule has 3 nitrogen and oxygen atoms in total. The number of anilines is 1. The van der Waals surface area contributed by atoms with Crippen LogP contribution in [-0.2, 0) is 11.3 Å². The maximum Gasteiger partial charge on any atom is 0.224 e. The van der Waals surface area contributed by atoms with E-state index < -0.39 is 0 Å². The number of para-hydroxylation sites is 1. The van der Waals surface area contributed by atoms with Gasteiger partial charge in [0.15, 0.2) is 0 Å². The van der Waals surface area contributed by atoms with Crippen molar-refractivity contribution in [3.63, 3.8) is 0 Å². The Balaban J connectivity index is 1.84. The summed E-state index contributed by atoms with van der Waals surface area (Å²) < 4.78 is 0. The van der Waals surface area contributed by atoms with E-state index in [9.17, 15) is 4.79 Å². The predicted octanol–water partition coefficient (Wildman–Crippen LogP) is 4.79. The van der Waals surface area contributed by atoms with Crippen molar-refractivity contribution < 1.29 is 4.79 Å². The molecule has 1 amide bonds. The van der Waals surface area contributed by atoms with Crippen molar-refractivity contribution in [3.8, 4) is 11.3 Å². The molecule has 1 aliphatic heterocycles. The van der Waals surface area contributed by atoms with Crippen LogP contribution in [-0.4, -0.2) is 10.9 Å². The summed E-state index contributed by atoms with van der Waals surface area (Å²) in [4.78, 5) is 18.6. The topological polar surface area (TPSA) is 33.2 Å².